The summed E-state index contributed by atoms with van der Waals surface area (Å²) in [5.41, 5.74) is 6.70. The van der Waals surface area contributed by atoms with Crippen molar-refractivity contribution >= 4 is 11.9 Å². The number of ether oxygens (including phenoxy) is 11. The van der Waals surface area contributed by atoms with E-state index in [1.54, 1.807) is 64.0 Å². The quantitative estimate of drug-likeness (QED) is 0.0262. The molecule has 1 heterocycles. The molecule has 15 heteroatoms. The number of benzene rings is 4. The van der Waals surface area contributed by atoms with Crippen LogP contribution < -0.4 is 42.6 Å². The van der Waals surface area contributed by atoms with Gasteiger partial charge < -0.3 is 61.5 Å². The van der Waals surface area contributed by atoms with E-state index >= 15 is 0 Å². The van der Waals surface area contributed by atoms with Gasteiger partial charge in [-0.3, -0.25) is 0 Å². The minimum Gasteiger partial charge on any atom is -0.493 e. The lowest BCUT2D eigenvalue weighted by atomic mass is 9.85. The highest BCUT2D eigenvalue weighted by Gasteiger charge is 2.42. The molecule has 1 aliphatic heterocycles. The molecule has 4 aromatic carbocycles. The van der Waals surface area contributed by atoms with Crippen LogP contribution in [0.5, 0.6) is 51.7 Å². The molecule has 68 heavy (non-hydrogen) atoms. The van der Waals surface area contributed by atoms with Crippen molar-refractivity contribution in [3.05, 3.63) is 100 Å². The average molecular weight is 944 g/mol. The van der Waals surface area contributed by atoms with Crippen LogP contribution in [0.4, 0.5) is 0 Å². The van der Waals surface area contributed by atoms with Gasteiger partial charge in [0.25, 0.3) is 0 Å². The van der Waals surface area contributed by atoms with Crippen LogP contribution in [0.2, 0.25) is 0 Å². The number of carbonyl (C=O) groups excluding carboxylic acids is 2. The maximum atomic E-state index is 12.7. The number of rotatable bonds is 26. The number of methoxy groups -OCH3 is 9. The fourth-order valence-corrected chi connectivity index (χ4v) is 9.13. The summed E-state index contributed by atoms with van der Waals surface area (Å²) in [4.78, 5) is 27.5. The van der Waals surface area contributed by atoms with Crippen molar-refractivity contribution in [2.24, 2.45) is 0 Å². The van der Waals surface area contributed by atoms with Crippen molar-refractivity contribution in [3.63, 3.8) is 0 Å². The number of fused-ring (bicyclic) bond motifs is 1. The van der Waals surface area contributed by atoms with Gasteiger partial charge in [-0.15, -0.1) is 0 Å². The Kier molecular flexibility index (Phi) is 19.5. The fraction of sp³-hybridized carbons (Fsp3) is 0.472. The first kappa shape index (κ1) is 52.6. The molecule has 0 amide bonds. The zero-order valence-electron chi connectivity index (χ0n) is 42.0. The first-order valence-corrected chi connectivity index (χ1v) is 22.8. The highest BCUT2D eigenvalue weighted by molar-refractivity contribution is 5.91. The predicted octanol–water partition coefficient (Wildman–Crippen LogP) is 7.80. The Hall–Kier alpha value is -6.32. The lowest BCUT2D eigenvalue weighted by Gasteiger charge is -2.46. The fourth-order valence-electron chi connectivity index (χ4n) is 9.13. The molecule has 1 aliphatic rings. The summed E-state index contributed by atoms with van der Waals surface area (Å²) in [5, 5.41) is 0. The molecular formula is C53H71N2O13+. The van der Waals surface area contributed by atoms with Gasteiger partial charge in [-0.05, 0) is 103 Å². The third-order valence-corrected chi connectivity index (χ3v) is 12.7. The number of likely N-dealkylation sites (N-methyl/N-ethyl adjacent to an activating group) is 2. The van der Waals surface area contributed by atoms with Gasteiger partial charge in [0.2, 0.25) is 5.75 Å². The van der Waals surface area contributed by atoms with Gasteiger partial charge in [-0.2, -0.15) is 0 Å². The number of hydrogen-bond acceptors (Lipinski definition) is 14. The molecule has 0 saturated heterocycles. The van der Waals surface area contributed by atoms with E-state index in [4.69, 9.17) is 52.1 Å². The molecule has 0 saturated carbocycles. The average Bonchev–Trinajstić information content (AvgIpc) is 3.36. The van der Waals surface area contributed by atoms with Crippen LogP contribution in [-0.2, 0) is 38.3 Å². The Labute approximate surface area is 402 Å². The van der Waals surface area contributed by atoms with E-state index < -0.39 is 11.9 Å². The van der Waals surface area contributed by atoms with Crippen LogP contribution in [0.3, 0.4) is 0 Å². The highest BCUT2D eigenvalue weighted by Crippen LogP contribution is 2.48. The Bertz CT molecular complexity index is 2320. The first-order chi connectivity index (χ1) is 32.8. The largest absolute Gasteiger partial charge is 0.493 e. The third-order valence-electron chi connectivity index (χ3n) is 12.7. The van der Waals surface area contributed by atoms with Gasteiger partial charge in [-0.1, -0.05) is 13.0 Å². The number of nitrogens with zero attached hydrogens (tertiary/aromatic N) is 2. The number of quaternary nitrogens is 1. The summed E-state index contributed by atoms with van der Waals surface area (Å²) in [6, 6.07) is 18.1. The molecule has 4 aromatic rings. The van der Waals surface area contributed by atoms with Gasteiger partial charge in [-0.25, -0.2) is 9.59 Å². The number of esters is 2. The topological polar surface area (TPSA) is 139 Å². The second-order valence-corrected chi connectivity index (χ2v) is 17.1. The predicted molar refractivity (Wildman–Crippen MR) is 260 cm³/mol. The SMILES string of the molecule is COc1ccc(CC(C)c2cc(OC)c(OC)cc2CCN(C)CCCOC(=O)/C=C\C(=O)OCCC[N+]2(C)CCc3cc(OC)c(OC)cc3C2c2cc(OC)c(OC)c(OC)c2)cc1OC. The second kappa shape index (κ2) is 25.2. The van der Waals surface area contributed by atoms with Crippen molar-refractivity contribution in [1.29, 1.82) is 0 Å². The molecule has 0 N–H and O–H groups in total. The molecule has 0 aliphatic carbocycles. The zero-order valence-corrected chi connectivity index (χ0v) is 42.0. The van der Waals surface area contributed by atoms with Crippen molar-refractivity contribution < 1.29 is 66.2 Å². The molecule has 0 radical (unpaired) electrons. The molecule has 0 aromatic heterocycles. The normalized spacial score (nSPS) is 15.8. The lowest BCUT2D eigenvalue weighted by Crippen LogP contribution is -2.52. The van der Waals surface area contributed by atoms with E-state index in [-0.39, 0.29) is 25.2 Å². The van der Waals surface area contributed by atoms with E-state index in [9.17, 15) is 9.59 Å². The minimum absolute atomic E-state index is 0.154. The molecular weight excluding hydrogens is 873 g/mol. The highest BCUT2D eigenvalue weighted by atomic mass is 16.5. The van der Waals surface area contributed by atoms with Crippen LogP contribution >= 0.6 is 0 Å². The summed E-state index contributed by atoms with van der Waals surface area (Å²) in [6.07, 6.45) is 5.79. The van der Waals surface area contributed by atoms with Gasteiger partial charge in [0.1, 0.15) is 6.04 Å². The maximum absolute atomic E-state index is 12.7. The summed E-state index contributed by atoms with van der Waals surface area (Å²) in [5.74, 6) is 4.64. The summed E-state index contributed by atoms with van der Waals surface area (Å²) in [7, 11) is 18.8. The number of carbonyl (C=O) groups is 2. The van der Waals surface area contributed by atoms with Crippen LogP contribution in [0.25, 0.3) is 0 Å². The molecule has 3 atom stereocenters. The van der Waals surface area contributed by atoms with Gasteiger partial charge in [0.05, 0.1) is 97.3 Å². The minimum atomic E-state index is -0.612. The van der Waals surface area contributed by atoms with E-state index in [0.717, 1.165) is 66.8 Å². The third kappa shape index (κ3) is 13.0. The Morgan fingerprint density at radius 3 is 1.78 bits per heavy atom. The summed E-state index contributed by atoms with van der Waals surface area (Å²) < 4.78 is 62.4. The van der Waals surface area contributed by atoms with Gasteiger partial charge in [0, 0.05) is 49.2 Å². The Balaban J connectivity index is 1.11. The van der Waals surface area contributed by atoms with Crippen molar-refractivity contribution in [3.8, 4) is 51.7 Å². The Morgan fingerprint density at radius 1 is 0.647 bits per heavy atom. The number of hydrogen-bond donors (Lipinski definition) is 0. The molecule has 370 valence electrons. The van der Waals surface area contributed by atoms with Crippen LogP contribution in [0.1, 0.15) is 65.1 Å². The lowest BCUT2D eigenvalue weighted by molar-refractivity contribution is -0.935. The van der Waals surface area contributed by atoms with Crippen molar-refractivity contribution in [2.75, 3.05) is 117 Å². The molecule has 0 spiro atoms. The van der Waals surface area contributed by atoms with E-state index in [1.807, 2.05) is 43.4 Å². The first-order valence-electron chi connectivity index (χ1n) is 22.8. The second-order valence-electron chi connectivity index (χ2n) is 17.1. The summed E-state index contributed by atoms with van der Waals surface area (Å²) in [6.45, 7) is 5.54. The van der Waals surface area contributed by atoms with Crippen molar-refractivity contribution in [1.82, 2.24) is 4.90 Å². The standard InChI is InChI=1S/C53H71N2O13/c1-35(27-36-15-16-42(58-4)43(28-36)59-5)40-33-46(62-8)44(60-6)29-37(40)19-22-54(2)21-13-25-67-50(56)17-18-51(57)68-26-14-23-55(3)24-20-38-30-45(61-7)47(63-9)34-41(38)52(55)39-31-48(64-10)53(66-12)49(32-39)65-11/h15-18,28-35,52H,13-14,19-27H2,1-12H3/q+1/b18-17-. The van der Waals surface area contributed by atoms with E-state index in [0.29, 0.717) is 82.2 Å². The van der Waals surface area contributed by atoms with Crippen LogP contribution in [0.15, 0.2) is 66.7 Å². The smallest absolute Gasteiger partial charge is 0.331 e. The molecule has 0 bridgehead atoms. The van der Waals surface area contributed by atoms with E-state index in [2.05, 4.69) is 37.1 Å². The maximum Gasteiger partial charge on any atom is 0.331 e. The van der Waals surface area contributed by atoms with Crippen molar-refractivity contribution in [2.45, 2.75) is 51.0 Å². The van der Waals surface area contributed by atoms with Crippen LogP contribution in [0, 0.1) is 0 Å². The zero-order chi connectivity index (χ0) is 49.4. The van der Waals surface area contributed by atoms with Gasteiger partial charge >= 0.3 is 11.9 Å². The Morgan fingerprint density at radius 2 is 1.19 bits per heavy atom. The van der Waals surface area contributed by atoms with Crippen LogP contribution in [-0.4, -0.2) is 139 Å². The monoisotopic (exact) mass is 943 g/mol. The molecule has 0 fully saturated rings. The van der Waals surface area contributed by atoms with Gasteiger partial charge in [0.15, 0.2) is 46.0 Å². The molecule has 5 rings (SSSR count). The summed E-state index contributed by atoms with van der Waals surface area (Å²) >= 11 is 0. The van der Waals surface area contributed by atoms with E-state index in [1.165, 1.54) is 11.1 Å². The molecule has 3 unspecified atom stereocenters. The molecule has 15 nitrogen and oxygen atoms in total.